The average molecular weight is 331 g/mol. The molecule has 0 aromatic heterocycles. The number of hydrogen-bond acceptors (Lipinski definition) is 3. The molecule has 0 bridgehead atoms. The summed E-state index contributed by atoms with van der Waals surface area (Å²) in [7, 11) is 1.66. The van der Waals surface area contributed by atoms with Crippen molar-refractivity contribution in [1.82, 2.24) is 5.32 Å². The summed E-state index contributed by atoms with van der Waals surface area (Å²) in [5.74, 6) is 0. The summed E-state index contributed by atoms with van der Waals surface area (Å²) in [6, 6.07) is 7.05. The molecule has 0 aliphatic rings. The average Bonchev–Trinajstić information content (AvgIpc) is 2.51. The maximum absolute atomic E-state index is 12.0. The molecular weight excluding hydrogens is 307 g/mol. The van der Waals surface area contributed by atoms with E-state index in [1.54, 1.807) is 19.2 Å². The normalized spacial score (nSPS) is 15.0. The van der Waals surface area contributed by atoms with Gasteiger partial charge in [0.1, 0.15) is 0 Å². The van der Waals surface area contributed by atoms with Gasteiger partial charge in [-0.3, -0.25) is 0 Å². The van der Waals surface area contributed by atoms with Crippen molar-refractivity contribution in [2.45, 2.75) is 44.0 Å². The second-order valence-corrected chi connectivity index (χ2v) is 5.49. The Labute approximate surface area is 134 Å². The van der Waals surface area contributed by atoms with Crippen molar-refractivity contribution >= 4 is 6.08 Å². The van der Waals surface area contributed by atoms with Crippen molar-refractivity contribution in [3.63, 3.8) is 0 Å². The van der Waals surface area contributed by atoms with E-state index in [4.69, 9.17) is 5.11 Å². The molecule has 1 aromatic carbocycles. The highest BCUT2D eigenvalue weighted by molar-refractivity contribution is 5.50. The minimum atomic E-state index is -4.07. The molecule has 3 N–H and O–H groups in total. The molecule has 1 aromatic rings. The molecule has 23 heavy (non-hydrogen) atoms. The topological polar surface area (TPSA) is 52.5 Å². The first kappa shape index (κ1) is 19.7. The van der Waals surface area contributed by atoms with Gasteiger partial charge in [-0.2, -0.15) is 13.2 Å². The molecule has 1 rings (SSSR count). The summed E-state index contributed by atoms with van der Waals surface area (Å²) in [6.07, 6.45) is -0.994. The number of hydrogen-bond donors (Lipinski definition) is 3. The number of aliphatic hydroxyl groups is 2. The molecule has 0 saturated carbocycles. The van der Waals surface area contributed by atoms with E-state index in [1.807, 2.05) is 24.3 Å². The quantitative estimate of drug-likeness (QED) is 0.610. The summed E-state index contributed by atoms with van der Waals surface area (Å²) in [4.78, 5) is 0. The molecule has 0 radical (unpaired) electrons. The van der Waals surface area contributed by atoms with E-state index >= 15 is 0 Å². The van der Waals surface area contributed by atoms with Crippen LogP contribution in [0.1, 0.15) is 30.4 Å². The number of aliphatic hydroxyl groups excluding tert-OH is 2. The molecular formula is C17H24F3NO2. The van der Waals surface area contributed by atoms with Gasteiger partial charge in [0.25, 0.3) is 0 Å². The van der Waals surface area contributed by atoms with Gasteiger partial charge in [0.15, 0.2) is 0 Å². The summed E-state index contributed by atoms with van der Waals surface area (Å²) < 4.78 is 36.1. The lowest BCUT2D eigenvalue weighted by atomic mass is 10.0. The highest BCUT2D eigenvalue weighted by Gasteiger charge is 2.25. The van der Waals surface area contributed by atoms with Crippen molar-refractivity contribution in [1.29, 1.82) is 0 Å². The fraction of sp³-hybridized carbons (Fsp3) is 0.529. The molecule has 0 saturated heterocycles. The van der Waals surface area contributed by atoms with Crippen LogP contribution in [0, 0.1) is 0 Å². The van der Waals surface area contributed by atoms with Crippen molar-refractivity contribution < 1.29 is 23.4 Å². The Morgan fingerprint density at radius 3 is 2.35 bits per heavy atom. The number of unbranched alkanes of at least 4 members (excludes halogenated alkanes) is 1. The van der Waals surface area contributed by atoms with Gasteiger partial charge in [-0.1, -0.05) is 36.4 Å². The maximum atomic E-state index is 12.0. The van der Waals surface area contributed by atoms with Crippen LogP contribution in [-0.2, 0) is 6.42 Å². The zero-order chi connectivity index (χ0) is 17.3. The van der Waals surface area contributed by atoms with E-state index in [0.29, 0.717) is 12.8 Å². The van der Waals surface area contributed by atoms with Crippen LogP contribution in [0.25, 0.3) is 6.08 Å². The number of likely N-dealkylation sites (N-methyl/N-ethyl adjacent to an activating group) is 1. The summed E-state index contributed by atoms with van der Waals surface area (Å²) >= 11 is 0. The number of halogens is 3. The number of aryl methyl sites for hydroxylation is 1. The number of alkyl halides is 3. The molecule has 0 amide bonds. The van der Waals surface area contributed by atoms with Crippen molar-refractivity contribution in [3.8, 4) is 0 Å². The SMILES string of the molecule is CN[C@H](CO)[C@@H](O)/C=C/c1ccc(CCCCC(F)(F)F)cc1. The van der Waals surface area contributed by atoms with Crippen LogP contribution in [0.4, 0.5) is 13.2 Å². The van der Waals surface area contributed by atoms with E-state index in [-0.39, 0.29) is 13.0 Å². The molecule has 0 unspecified atom stereocenters. The van der Waals surface area contributed by atoms with E-state index in [1.165, 1.54) is 0 Å². The first-order valence-corrected chi connectivity index (χ1v) is 7.66. The van der Waals surface area contributed by atoms with Gasteiger partial charge in [-0.15, -0.1) is 0 Å². The molecule has 0 fully saturated rings. The fourth-order valence-electron chi connectivity index (χ4n) is 2.16. The van der Waals surface area contributed by atoms with Crippen molar-refractivity contribution in [3.05, 3.63) is 41.5 Å². The number of nitrogens with one attached hydrogen (secondary N) is 1. The minimum absolute atomic E-state index is 0.143. The molecule has 0 aliphatic carbocycles. The largest absolute Gasteiger partial charge is 0.395 e. The number of benzene rings is 1. The smallest absolute Gasteiger partial charge is 0.389 e. The monoisotopic (exact) mass is 331 g/mol. The molecule has 3 nitrogen and oxygen atoms in total. The standard InChI is InChI=1S/C17H24F3NO2/c1-21-15(12-22)16(23)10-9-14-7-5-13(6-8-14)4-2-3-11-17(18,19)20/h5-10,15-16,21-23H,2-4,11-12H2,1H3/b10-9+/t15-,16+/m1/s1. The zero-order valence-corrected chi connectivity index (χ0v) is 13.2. The fourth-order valence-corrected chi connectivity index (χ4v) is 2.16. The summed E-state index contributed by atoms with van der Waals surface area (Å²) in [6.45, 7) is -0.168. The zero-order valence-electron chi connectivity index (χ0n) is 13.2. The lowest BCUT2D eigenvalue weighted by molar-refractivity contribution is -0.135. The van der Waals surface area contributed by atoms with Crippen molar-refractivity contribution in [2.75, 3.05) is 13.7 Å². The Balaban J connectivity index is 2.44. The van der Waals surface area contributed by atoms with Gasteiger partial charge in [-0.25, -0.2) is 0 Å². The van der Waals surface area contributed by atoms with Crippen LogP contribution < -0.4 is 5.32 Å². The third-order valence-corrected chi connectivity index (χ3v) is 3.62. The van der Waals surface area contributed by atoms with Crippen LogP contribution in [0.15, 0.2) is 30.3 Å². The lowest BCUT2D eigenvalue weighted by Crippen LogP contribution is -2.39. The van der Waals surface area contributed by atoms with E-state index in [2.05, 4.69) is 5.32 Å². The van der Waals surface area contributed by atoms with Gasteiger partial charge in [0.2, 0.25) is 0 Å². The van der Waals surface area contributed by atoms with E-state index < -0.39 is 24.7 Å². The molecule has 0 heterocycles. The van der Waals surface area contributed by atoms with Crippen LogP contribution in [0.2, 0.25) is 0 Å². The Morgan fingerprint density at radius 1 is 1.17 bits per heavy atom. The molecule has 6 heteroatoms. The Bertz CT molecular complexity index is 468. The second-order valence-electron chi connectivity index (χ2n) is 5.49. The summed E-state index contributed by atoms with van der Waals surface area (Å²) in [5, 5.41) is 21.7. The Hall–Kier alpha value is -1.37. The predicted molar refractivity (Wildman–Crippen MR) is 85.0 cm³/mol. The van der Waals surface area contributed by atoms with Gasteiger partial charge < -0.3 is 15.5 Å². The van der Waals surface area contributed by atoms with Crippen LogP contribution in [0.3, 0.4) is 0 Å². The van der Waals surface area contributed by atoms with Gasteiger partial charge in [-0.05, 0) is 37.4 Å². The van der Waals surface area contributed by atoms with E-state index in [9.17, 15) is 18.3 Å². The van der Waals surface area contributed by atoms with Gasteiger partial charge in [0.05, 0.1) is 18.8 Å². The lowest BCUT2D eigenvalue weighted by Gasteiger charge is -2.16. The Kier molecular flexibility index (Phi) is 8.30. The molecule has 2 atom stereocenters. The highest BCUT2D eigenvalue weighted by atomic mass is 19.4. The van der Waals surface area contributed by atoms with Gasteiger partial charge in [0, 0.05) is 6.42 Å². The number of rotatable bonds is 9. The Morgan fingerprint density at radius 2 is 1.83 bits per heavy atom. The van der Waals surface area contributed by atoms with Crippen LogP contribution in [0.5, 0.6) is 0 Å². The molecule has 0 spiro atoms. The maximum Gasteiger partial charge on any atom is 0.389 e. The third kappa shape index (κ3) is 8.16. The molecule has 0 aliphatic heterocycles. The van der Waals surface area contributed by atoms with Crippen molar-refractivity contribution in [2.24, 2.45) is 0 Å². The third-order valence-electron chi connectivity index (χ3n) is 3.62. The second kappa shape index (κ2) is 9.70. The minimum Gasteiger partial charge on any atom is -0.395 e. The first-order chi connectivity index (χ1) is 10.9. The van der Waals surface area contributed by atoms with Gasteiger partial charge >= 0.3 is 6.18 Å². The van der Waals surface area contributed by atoms with Crippen LogP contribution in [-0.4, -0.2) is 42.2 Å². The van der Waals surface area contributed by atoms with E-state index in [0.717, 1.165) is 11.1 Å². The highest BCUT2D eigenvalue weighted by Crippen LogP contribution is 2.22. The summed E-state index contributed by atoms with van der Waals surface area (Å²) in [5.41, 5.74) is 1.88. The van der Waals surface area contributed by atoms with Crippen LogP contribution >= 0.6 is 0 Å². The first-order valence-electron chi connectivity index (χ1n) is 7.66. The predicted octanol–water partition coefficient (Wildman–Crippen LogP) is 2.92. The molecule has 130 valence electrons.